The van der Waals surface area contributed by atoms with Crippen LogP contribution in [0.3, 0.4) is 0 Å². The number of para-hydroxylation sites is 1. The molecular weight excluding hydrogens is 266 g/mol. The van der Waals surface area contributed by atoms with Gasteiger partial charge in [-0.1, -0.05) is 25.1 Å². The summed E-state index contributed by atoms with van der Waals surface area (Å²) in [4.78, 5) is 8.74. The number of anilines is 1. The molecule has 1 aromatic carbocycles. The fourth-order valence-electron chi connectivity index (χ4n) is 1.92. The molecule has 0 bridgehead atoms. The van der Waals surface area contributed by atoms with Crippen LogP contribution >= 0.6 is 0 Å². The summed E-state index contributed by atoms with van der Waals surface area (Å²) in [5.74, 6) is 2.66. The molecule has 0 aliphatic heterocycles. The van der Waals surface area contributed by atoms with Crippen molar-refractivity contribution in [3.05, 3.63) is 41.7 Å². The van der Waals surface area contributed by atoms with Gasteiger partial charge >= 0.3 is 0 Å². The van der Waals surface area contributed by atoms with Crippen LogP contribution in [0.25, 0.3) is 0 Å². The number of benzene rings is 1. The minimum Gasteiger partial charge on any atom is -0.439 e. The van der Waals surface area contributed by atoms with Crippen LogP contribution in [-0.2, 0) is 17.8 Å². The molecule has 1 N–H and O–H groups in total. The van der Waals surface area contributed by atoms with Gasteiger partial charge in [0.25, 0.3) is 0 Å². The van der Waals surface area contributed by atoms with E-state index in [1.807, 2.05) is 32.2 Å². The summed E-state index contributed by atoms with van der Waals surface area (Å²) >= 11 is 0. The van der Waals surface area contributed by atoms with Crippen LogP contribution in [0.2, 0.25) is 0 Å². The summed E-state index contributed by atoms with van der Waals surface area (Å²) < 4.78 is 11.3. The molecule has 0 saturated heterocycles. The van der Waals surface area contributed by atoms with Crippen molar-refractivity contribution < 1.29 is 9.47 Å². The van der Waals surface area contributed by atoms with Crippen LogP contribution in [0.1, 0.15) is 25.2 Å². The Morgan fingerprint density at radius 3 is 2.67 bits per heavy atom. The number of aryl methyl sites for hydroxylation is 1. The number of nitrogens with one attached hydrogen (secondary N) is 1. The topological polar surface area (TPSA) is 56.3 Å². The lowest BCUT2D eigenvalue weighted by Gasteiger charge is -2.11. The van der Waals surface area contributed by atoms with Gasteiger partial charge in [0.2, 0.25) is 5.88 Å². The molecule has 0 atom stereocenters. The van der Waals surface area contributed by atoms with Gasteiger partial charge in [-0.3, -0.25) is 0 Å². The molecule has 0 unspecified atom stereocenters. The molecule has 0 fully saturated rings. The van der Waals surface area contributed by atoms with Crippen molar-refractivity contribution in [3.8, 4) is 11.6 Å². The summed E-state index contributed by atoms with van der Waals surface area (Å²) in [6.45, 7) is 5.04. The quantitative estimate of drug-likeness (QED) is 0.845. The van der Waals surface area contributed by atoms with E-state index in [0.717, 1.165) is 17.7 Å². The normalized spacial score (nSPS) is 10.4. The first-order valence-electron chi connectivity index (χ1n) is 7.16. The Hall–Kier alpha value is -2.14. The van der Waals surface area contributed by atoms with Gasteiger partial charge in [-0.05, 0) is 25.0 Å². The maximum Gasteiger partial charge on any atom is 0.224 e. The summed E-state index contributed by atoms with van der Waals surface area (Å²) in [6.07, 6.45) is 0.909. The first-order valence-corrected chi connectivity index (χ1v) is 7.16. The largest absolute Gasteiger partial charge is 0.439 e. The maximum atomic E-state index is 5.92. The molecule has 0 saturated carbocycles. The fraction of sp³-hybridized carbons (Fsp3) is 0.375. The molecule has 112 valence electrons. The first-order chi connectivity index (χ1) is 10.3. The summed E-state index contributed by atoms with van der Waals surface area (Å²) in [6, 6.07) is 9.74. The molecule has 0 aliphatic carbocycles. The minimum absolute atomic E-state index is 0.373. The monoisotopic (exact) mass is 287 g/mol. The number of ether oxygens (including phenoxy) is 2. The Bertz CT molecular complexity index is 587. The molecule has 5 heteroatoms. The highest BCUT2D eigenvalue weighted by atomic mass is 16.5. The van der Waals surface area contributed by atoms with Crippen molar-refractivity contribution in [1.29, 1.82) is 0 Å². The molecule has 2 aromatic rings. The summed E-state index contributed by atoms with van der Waals surface area (Å²) in [5.41, 5.74) is 1.15. The molecule has 0 amide bonds. The number of aromatic nitrogens is 2. The van der Waals surface area contributed by atoms with Crippen LogP contribution in [0.15, 0.2) is 30.3 Å². The SMILES string of the molecule is CCOCc1nc(NC)cc(Oc2ccccc2CC)n1. The molecule has 1 heterocycles. The van der Waals surface area contributed by atoms with Gasteiger partial charge in [0.1, 0.15) is 18.2 Å². The summed E-state index contributed by atoms with van der Waals surface area (Å²) in [5, 5.41) is 3.01. The van der Waals surface area contributed by atoms with Crippen molar-refractivity contribution in [3.63, 3.8) is 0 Å². The average molecular weight is 287 g/mol. The Morgan fingerprint density at radius 1 is 1.14 bits per heavy atom. The van der Waals surface area contributed by atoms with Crippen LogP contribution in [-0.4, -0.2) is 23.6 Å². The highest BCUT2D eigenvalue weighted by molar-refractivity contribution is 5.41. The zero-order valence-electron chi connectivity index (χ0n) is 12.7. The Balaban J connectivity index is 2.25. The molecule has 1 aromatic heterocycles. The van der Waals surface area contributed by atoms with Crippen molar-refractivity contribution in [2.75, 3.05) is 19.0 Å². The van der Waals surface area contributed by atoms with E-state index in [4.69, 9.17) is 9.47 Å². The first kappa shape index (κ1) is 15.3. The van der Waals surface area contributed by atoms with E-state index in [-0.39, 0.29) is 0 Å². The van der Waals surface area contributed by atoms with E-state index in [9.17, 15) is 0 Å². The third-order valence-corrected chi connectivity index (χ3v) is 3.01. The van der Waals surface area contributed by atoms with Crippen molar-refractivity contribution in [2.24, 2.45) is 0 Å². The predicted octanol–water partition coefficient (Wildman–Crippen LogP) is 3.41. The Kier molecular flexibility index (Phi) is 5.51. The lowest BCUT2D eigenvalue weighted by atomic mass is 10.1. The van der Waals surface area contributed by atoms with E-state index in [0.29, 0.717) is 30.7 Å². The fourth-order valence-corrected chi connectivity index (χ4v) is 1.92. The van der Waals surface area contributed by atoms with E-state index < -0.39 is 0 Å². The lowest BCUT2D eigenvalue weighted by Crippen LogP contribution is -2.04. The number of hydrogen-bond donors (Lipinski definition) is 1. The van der Waals surface area contributed by atoms with Gasteiger partial charge in [0.05, 0.1) is 0 Å². The molecule has 0 radical (unpaired) electrons. The predicted molar refractivity (Wildman–Crippen MR) is 82.8 cm³/mol. The zero-order valence-corrected chi connectivity index (χ0v) is 12.7. The number of nitrogens with zero attached hydrogens (tertiary/aromatic N) is 2. The van der Waals surface area contributed by atoms with Crippen molar-refractivity contribution >= 4 is 5.82 Å². The van der Waals surface area contributed by atoms with Crippen LogP contribution in [0, 0.1) is 0 Å². The molecular formula is C16H21N3O2. The lowest BCUT2D eigenvalue weighted by molar-refractivity contribution is 0.128. The van der Waals surface area contributed by atoms with Crippen LogP contribution in [0.4, 0.5) is 5.82 Å². The summed E-state index contributed by atoms with van der Waals surface area (Å²) in [7, 11) is 1.82. The van der Waals surface area contributed by atoms with Gasteiger partial charge in [-0.2, -0.15) is 4.98 Å². The smallest absolute Gasteiger partial charge is 0.224 e. The third kappa shape index (κ3) is 4.16. The molecule has 0 spiro atoms. The number of hydrogen-bond acceptors (Lipinski definition) is 5. The molecule has 2 rings (SSSR count). The Labute approximate surface area is 125 Å². The van der Waals surface area contributed by atoms with E-state index in [1.54, 1.807) is 6.07 Å². The molecule has 0 aliphatic rings. The van der Waals surface area contributed by atoms with E-state index >= 15 is 0 Å². The number of rotatable bonds is 7. The molecule has 21 heavy (non-hydrogen) atoms. The zero-order chi connectivity index (χ0) is 15.1. The second-order valence-corrected chi connectivity index (χ2v) is 4.46. The second-order valence-electron chi connectivity index (χ2n) is 4.46. The van der Waals surface area contributed by atoms with Gasteiger partial charge in [0, 0.05) is 19.7 Å². The van der Waals surface area contributed by atoms with E-state index in [1.165, 1.54) is 0 Å². The molecule has 5 nitrogen and oxygen atoms in total. The highest BCUT2D eigenvalue weighted by Crippen LogP contribution is 2.25. The van der Waals surface area contributed by atoms with Crippen molar-refractivity contribution in [1.82, 2.24) is 9.97 Å². The van der Waals surface area contributed by atoms with Gasteiger partial charge in [0.15, 0.2) is 5.82 Å². The van der Waals surface area contributed by atoms with Crippen LogP contribution < -0.4 is 10.1 Å². The average Bonchev–Trinajstić information content (AvgIpc) is 2.53. The van der Waals surface area contributed by atoms with Gasteiger partial charge < -0.3 is 14.8 Å². The Morgan fingerprint density at radius 2 is 1.95 bits per heavy atom. The second kappa shape index (κ2) is 7.59. The van der Waals surface area contributed by atoms with Gasteiger partial charge in [-0.25, -0.2) is 4.98 Å². The van der Waals surface area contributed by atoms with Crippen LogP contribution in [0.5, 0.6) is 11.6 Å². The highest BCUT2D eigenvalue weighted by Gasteiger charge is 2.08. The minimum atomic E-state index is 0.373. The van der Waals surface area contributed by atoms with E-state index in [2.05, 4.69) is 28.3 Å². The standard InChI is InChI=1S/C16H21N3O2/c1-4-12-8-6-7-9-13(12)21-16-10-14(17-3)18-15(19-16)11-20-5-2/h6-10H,4-5,11H2,1-3H3,(H,17,18,19). The van der Waals surface area contributed by atoms with Gasteiger partial charge in [-0.15, -0.1) is 0 Å². The maximum absolute atomic E-state index is 5.92. The van der Waals surface area contributed by atoms with Crippen molar-refractivity contribution in [2.45, 2.75) is 26.9 Å². The third-order valence-electron chi connectivity index (χ3n) is 3.01.